The van der Waals surface area contributed by atoms with Gasteiger partial charge < -0.3 is 10.1 Å². The van der Waals surface area contributed by atoms with Crippen molar-refractivity contribution in [1.29, 1.82) is 0 Å². The van der Waals surface area contributed by atoms with Crippen molar-refractivity contribution in [2.75, 3.05) is 26.8 Å². The lowest BCUT2D eigenvalue weighted by molar-refractivity contribution is 0.199. The van der Waals surface area contributed by atoms with E-state index in [1.165, 1.54) is 12.1 Å². The first kappa shape index (κ1) is 14.8. The minimum absolute atomic E-state index is 0.528. The average Bonchev–Trinajstić information content (AvgIpc) is 2.31. The zero-order valence-electron chi connectivity index (χ0n) is 10.6. The highest BCUT2D eigenvalue weighted by Crippen LogP contribution is 2.08. The van der Waals surface area contributed by atoms with Crippen LogP contribution in [0.5, 0.6) is 0 Å². The van der Waals surface area contributed by atoms with Crippen molar-refractivity contribution in [3.63, 3.8) is 0 Å². The van der Waals surface area contributed by atoms with Gasteiger partial charge in [0.15, 0.2) is 0 Å². The Labute approximate surface area is 107 Å². The van der Waals surface area contributed by atoms with Crippen LogP contribution in [-0.4, -0.2) is 26.8 Å². The Morgan fingerprint density at radius 1 is 1.11 bits per heavy atom. The number of allylic oxidation sites excluding steroid dienone is 1. The number of benzene rings is 1. The second kappa shape index (κ2) is 8.78. The average molecular weight is 255 g/mol. The SMILES string of the molecule is COCCNCC/C=C/Cc1cc(F)cc(F)c1. The molecule has 0 heterocycles. The molecule has 0 aliphatic heterocycles. The Kier molecular flexibility index (Phi) is 7.22. The van der Waals surface area contributed by atoms with Crippen molar-refractivity contribution in [2.45, 2.75) is 12.8 Å². The molecule has 0 bridgehead atoms. The second-order valence-electron chi connectivity index (χ2n) is 3.98. The number of methoxy groups -OCH3 is 1. The van der Waals surface area contributed by atoms with Gasteiger partial charge in [-0.1, -0.05) is 12.2 Å². The molecular weight excluding hydrogens is 236 g/mol. The molecule has 1 N–H and O–H groups in total. The zero-order valence-corrected chi connectivity index (χ0v) is 10.6. The second-order valence-corrected chi connectivity index (χ2v) is 3.98. The minimum atomic E-state index is -0.528. The van der Waals surface area contributed by atoms with E-state index in [9.17, 15) is 8.78 Å². The third-order valence-corrected chi connectivity index (χ3v) is 2.41. The molecule has 0 saturated heterocycles. The van der Waals surface area contributed by atoms with Gasteiger partial charge in [0, 0.05) is 19.7 Å². The highest BCUT2D eigenvalue weighted by molar-refractivity contribution is 5.20. The van der Waals surface area contributed by atoms with Gasteiger partial charge in [-0.3, -0.25) is 0 Å². The van der Waals surface area contributed by atoms with Crippen LogP contribution in [0.3, 0.4) is 0 Å². The lowest BCUT2D eigenvalue weighted by Crippen LogP contribution is -2.19. The number of halogens is 2. The van der Waals surface area contributed by atoms with E-state index in [0.717, 1.165) is 25.6 Å². The summed E-state index contributed by atoms with van der Waals surface area (Å²) >= 11 is 0. The van der Waals surface area contributed by atoms with Crippen molar-refractivity contribution < 1.29 is 13.5 Å². The molecule has 0 amide bonds. The van der Waals surface area contributed by atoms with E-state index < -0.39 is 11.6 Å². The summed E-state index contributed by atoms with van der Waals surface area (Å²) in [7, 11) is 1.67. The van der Waals surface area contributed by atoms with Gasteiger partial charge in [-0.25, -0.2) is 8.78 Å². The molecule has 0 spiro atoms. The van der Waals surface area contributed by atoms with Crippen LogP contribution in [0, 0.1) is 11.6 Å². The number of ether oxygens (including phenoxy) is 1. The first-order valence-electron chi connectivity index (χ1n) is 6.02. The van der Waals surface area contributed by atoms with E-state index in [2.05, 4.69) is 5.32 Å². The van der Waals surface area contributed by atoms with Gasteiger partial charge >= 0.3 is 0 Å². The van der Waals surface area contributed by atoms with Crippen LogP contribution in [0.15, 0.2) is 30.4 Å². The quantitative estimate of drug-likeness (QED) is 0.569. The summed E-state index contributed by atoms with van der Waals surface area (Å²) in [5, 5.41) is 3.21. The van der Waals surface area contributed by atoms with Crippen molar-refractivity contribution in [3.8, 4) is 0 Å². The predicted octanol–water partition coefficient (Wildman–Crippen LogP) is 2.69. The predicted molar refractivity (Wildman–Crippen MR) is 68.6 cm³/mol. The molecule has 0 radical (unpaired) electrons. The topological polar surface area (TPSA) is 21.3 Å². The number of rotatable bonds is 8. The summed E-state index contributed by atoms with van der Waals surface area (Å²) < 4.78 is 30.7. The Morgan fingerprint density at radius 3 is 2.50 bits per heavy atom. The fraction of sp³-hybridized carbons (Fsp3) is 0.429. The standard InChI is InChI=1S/C14H19F2NO/c1-18-8-7-17-6-4-2-3-5-12-9-13(15)11-14(16)10-12/h2-3,9-11,17H,4-8H2,1H3/b3-2+. The molecule has 4 heteroatoms. The van der Waals surface area contributed by atoms with Crippen molar-refractivity contribution >= 4 is 0 Å². The molecule has 0 fully saturated rings. The van der Waals surface area contributed by atoms with Crippen molar-refractivity contribution in [3.05, 3.63) is 47.5 Å². The van der Waals surface area contributed by atoms with Crippen LogP contribution in [0.4, 0.5) is 8.78 Å². The molecule has 0 aromatic heterocycles. The van der Waals surface area contributed by atoms with Crippen LogP contribution in [0.2, 0.25) is 0 Å². The van der Waals surface area contributed by atoms with Crippen LogP contribution in [-0.2, 0) is 11.2 Å². The van der Waals surface area contributed by atoms with E-state index >= 15 is 0 Å². The molecule has 1 aromatic carbocycles. The lowest BCUT2D eigenvalue weighted by Gasteiger charge is -2.01. The molecule has 0 unspecified atom stereocenters. The summed E-state index contributed by atoms with van der Waals surface area (Å²) in [5.74, 6) is -1.06. The van der Waals surface area contributed by atoms with Gasteiger partial charge in [0.25, 0.3) is 0 Å². The maximum absolute atomic E-state index is 12.9. The molecule has 0 aliphatic rings. The number of hydrogen-bond donors (Lipinski definition) is 1. The summed E-state index contributed by atoms with van der Waals surface area (Å²) in [6.45, 7) is 2.41. The summed E-state index contributed by atoms with van der Waals surface area (Å²) in [6, 6.07) is 3.58. The van der Waals surface area contributed by atoms with Crippen molar-refractivity contribution in [1.82, 2.24) is 5.32 Å². The first-order valence-corrected chi connectivity index (χ1v) is 6.02. The van der Waals surface area contributed by atoms with Gasteiger partial charge in [0.1, 0.15) is 11.6 Å². The van der Waals surface area contributed by atoms with Gasteiger partial charge in [-0.15, -0.1) is 0 Å². The maximum atomic E-state index is 12.9. The fourth-order valence-corrected chi connectivity index (χ4v) is 1.55. The third-order valence-electron chi connectivity index (χ3n) is 2.41. The molecule has 0 atom stereocenters. The summed E-state index contributed by atoms with van der Waals surface area (Å²) in [4.78, 5) is 0. The Balaban J connectivity index is 2.19. The molecule has 1 rings (SSSR count). The molecular formula is C14H19F2NO. The first-order chi connectivity index (χ1) is 8.72. The largest absolute Gasteiger partial charge is 0.383 e. The molecule has 0 aliphatic carbocycles. The molecule has 18 heavy (non-hydrogen) atoms. The third kappa shape index (κ3) is 6.47. The molecule has 100 valence electrons. The Bertz CT molecular complexity index is 360. The number of nitrogens with one attached hydrogen (secondary N) is 1. The maximum Gasteiger partial charge on any atom is 0.126 e. The van der Waals surface area contributed by atoms with Crippen LogP contribution < -0.4 is 5.32 Å². The van der Waals surface area contributed by atoms with Crippen molar-refractivity contribution in [2.24, 2.45) is 0 Å². The monoisotopic (exact) mass is 255 g/mol. The lowest BCUT2D eigenvalue weighted by atomic mass is 10.1. The molecule has 2 nitrogen and oxygen atoms in total. The fourth-order valence-electron chi connectivity index (χ4n) is 1.55. The summed E-state index contributed by atoms with van der Waals surface area (Å²) in [5.41, 5.74) is 0.649. The van der Waals surface area contributed by atoms with Crippen LogP contribution in [0.1, 0.15) is 12.0 Å². The smallest absolute Gasteiger partial charge is 0.126 e. The Morgan fingerprint density at radius 2 is 1.83 bits per heavy atom. The van der Waals surface area contributed by atoms with Gasteiger partial charge in [-0.05, 0) is 37.1 Å². The van der Waals surface area contributed by atoms with E-state index in [-0.39, 0.29) is 0 Å². The summed E-state index contributed by atoms with van der Waals surface area (Å²) in [6.07, 6.45) is 5.36. The van der Waals surface area contributed by atoms with Crippen LogP contribution in [0.25, 0.3) is 0 Å². The van der Waals surface area contributed by atoms with E-state index in [1.807, 2.05) is 12.2 Å². The highest BCUT2D eigenvalue weighted by Gasteiger charge is 1.98. The van der Waals surface area contributed by atoms with Crippen LogP contribution >= 0.6 is 0 Å². The normalized spacial score (nSPS) is 11.3. The van der Waals surface area contributed by atoms with E-state index in [1.54, 1.807) is 7.11 Å². The molecule has 1 aromatic rings. The zero-order chi connectivity index (χ0) is 13.2. The Hall–Kier alpha value is -1.26. The van der Waals surface area contributed by atoms with Gasteiger partial charge in [-0.2, -0.15) is 0 Å². The van der Waals surface area contributed by atoms with Gasteiger partial charge in [0.2, 0.25) is 0 Å². The van der Waals surface area contributed by atoms with Gasteiger partial charge in [0.05, 0.1) is 6.61 Å². The minimum Gasteiger partial charge on any atom is -0.383 e. The number of hydrogen-bond acceptors (Lipinski definition) is 2. The van der Waals surface area contributed by atoms with E-state index in [0.29, 0.717) is 18.6 Å². The highest BCUT2D eigenvalue weighted by atomic mass is 19.1. The molecule has 0 saturated carbocycles. The van der Waals surface area contributed by atoms with E-state index in [4.69, 9.17) is 4.74 Å².